The van der Waals surface area contributed by atoms with Crippen LogP contribution in [0.25, 0.3) is 17.4 Å². The average Bonchev–Trinajstić information content (AvgIpc) is 3.45. The molecule has 0 aliphatic carbocycles. The van der Waals surface area contributed by atoms with E-state index in [1.54, 1.807) is 18.2 Å². The fourth-order valence-corrected chi connectivity index (χ4v) is 4.31. The van der Waals surface area contributed by atoms with E-state index in [9.17, 15) is 14.9 Å². The maximum Gasteiger partial charge on any atom is 0.288 e. The van der Waals surface area contributed by atoms with Gasteiger partial charge in [-0.15, -0.1) is 0 Å². The molecule has 1 amide bonds. The Labute approximate surface area is 195 Å². The largest absolute Gasteiger partial charge is 0.457 e. The van der Waals surface area contributed by atoms with Gasteiger partial charge in [0.1, 0.15) is 21.6 Å². The van der Waals surface area contributed by atoms with Gasteiger partial charge in [0.05, 0.1) is 10.5 Å². The van der Waals surface area contributed by atoms with Crippen LogP contribution in [-0.4, -0.2) is 31.9 Å². The Morgan fingerprint density at radius 3 is 2.67 bits per heavy atom. The number of fused-ring (bicyclic) bond motifs is 1. The molecular weight excluding hydrogens is 466 g/mol. The van der Waals surface area contributed by atoms with E-state index in [0.29, 0.717) is 21.5 Å². The van der Waals surface area contributed by atoms with E-state index in [-0.39, 0.29) is 27.9 Å². The first-order valence-corrected chi connectivity index (χ1v) is 10.7. The number of benzene rings is 2. The van der Waals surface area contributed by atoms with E-state index in [1.807, 2.05) is 30.3 Å². The van der Waals surface area contributed by atoms with E-state index in [2.05, 4.69) is 10.1 Å². The lowest BCUT2D eigenvalue weighted by Crippen LogP contribution is -2.35. The van der Waals surface area contributed by atoms with Crippen LogP contribution >= 0.6 is 23.4 Å². The van der Waals surface area contributed by atoms with Crippen LogP contribution in [0.3, 0.4) is 0 Å². The molecule has 2 aliphatic rings. The Bertz CT molecular complexity index is 1430. The first-order valence-electron chi connectivity index (χ1n) is 9.50. The Morgan fingerprint density at radius 2 is 1.91 bits per heavy atom. The SMILES string of the molecule is N=C1/C(=C/c2ccc(-c3ccc(Cl)c([N+](=O)[O-])c3)o2)C(=O)N=C2SC(c3ccccc3)=NN12. The van der Waals surface area contributed by atoms with Crippen molar-refractivity contribution >= 4 is 57.1 Å². The summed E-state index contributed by atoms with van der Waals surface area (Å²) < 4.78 is 5.75. The molecule has 2 aromatic carbocycles. The van der Waals surface area contributed by atoms with Crippen molar-refractivity contribution in [2.75, 3.05) is 0 Å². The lowest BCUT2D eigenvalue weighted by Gasteiger charge is -2.19. The zero-order valence-electron chi connectivity index (χ0n) is 16.6. The number of nitrogens with one attached hydrogen (secondary N) is 1. The van der Waals surface area contributed by atoms with Gasteiger partial charge in [-0.25, -0.2) is 0 Å². The lowest BCUT2D eigenvalue weighted by atomic mass is 10.1. The van der Waals surface area contributed by atoms with Crippen molar-refractivity contribution in [2.24, 2.45) is 10.1 Å². The molecule has 0 saturated heterocycles. The fraction of sp³-hybridized carbons (Fsp3) is 0. The number of nitro groups is 1. The van der Waals surface area contributed by atoms with Gasteiger partial charge in [-0.1, -0.05) is 41.9 Å². The van der Waals surface area contributed by atoms with Gasteiger partial charge in [-0.3, -0.25) is 20.3 Å². The molecule has 9 nitrogen and oxygen atoms in total. The molecule has 33 heavy (non-hydrogen) atoms. The number of amides is 1. The summed E-state index contributed by atoms with van der Waals surface area (Å²) in [6.45, 7) is 0. The molecule has 1 aromatic heterocycles. The highest BCUT2D eigenvalue weighted by molar-refractivity contribution is 8.27. The Hall–Kier alpha value is -4.02. The van der Waals surface area contributed by atoms with Crippen molar-refractivity contribution in [3.63, 3.8) is 0 Å². The van der Waals surface area contributed by atoms with Crippen molar-refractivity contribution in [1.29, 1.82) is 5.41 Å². The van der Waals surface area contributed by atoms with E-state index in [1.165, 1.54) is 35.0 Å². The van der Waals surface area contributed by atoms with Gasteiger partial charge in [-0.2, -0.15) is 15.1 Å². The number of carbonyl (C=O) groups excluding carboxylic acids is 1. The third-order valence-electron chi connectivity index (χ3n) is 4.82. The second-order valence-corrected chi connectivity index (χ2v) is 8.28. The van der Waals surface area contributed by atoms with Gasteiger partial charge in [-0.05, 0) is 42.1 Å². The van der Waals surface area contributed by atoms with Crippen LogP contribution in [-0.2, 0) is 4.79 Å². The summed E-state index contributed by atoms with van der Waals surface area (Å²) in [6.07, 6.45) is 1.40. The van der Waals surface area contributed by atoms with Crippen LogP contribution in [0.15, 0.2) is 80.7 Å². The van der Waals surface area contributed by atoms with Gasteiger partial charge >= 0.3 is 0 Å². The normalized spacial score (nSPS) is 16.6. The van der Waals surface area contributed by atoms with Crippen LogP contribution in [0, 0.1) is 15.5 Å². The summed E-state index contributed by atoms with van der Waals surface area (Å²) in [5, 5.41) is 26.3. The van der Waals surface area contributed by atoms with E-state index in [0.717, 1.165) is 5.56 Å². The number of amidine groups is 2. The minimum atomic E-state index is -0.580. The second-order valence-electron chi connectivity index (χ2n) is 6.92. The molecule has 0 radical (unpaired) electrons. The van der Waals surface area contributed by atoms with Crippen LogP contribution in [0.4, 0.5) is 5.69 Å². The highest BCUT2D eigenvalue weighted by Crippen LogP contribution is 2.33. The zero-order valence-corrected chi connectivity index (χ0v) is 18.1. The van der Waals surface area contributed by atoms with Crippen molar-refractivity contribution in [1.82, 2.24) is 5.01 Å². The number of hydrazone groups is 1. The van der Waals surface area contributed by atoms with Crippen molar-refractivity contribution in [2.45, 2.75) is 0 Å². The number of rotatable bonds is 4. The number of aliphatic imine (C=N–C) groups is 1. The molecule has 2 aliphatic heterocycles. The molecule has 11 heteroatoms. The Morgan fingerprint density at radius 1 is 1.12 bits per heavy atom. The van der Waals surface area contributed by atoms with Crippen LogP contribution in [0.5, 0.6) is 0 Å². The number of nitro benzene ring substituents is 1. The average molecular weight is 478 g/mol. The molecule has 3 heterocycles. The minimum absolute atomic E-state index is 0.0143. The number of hydrogen-bond donors (Lipinski definition) is 1. The number of halogens is 1. The smallest absolute Gasteiger partial charge is 0.288 e. The summed E-state index contributed by atoms with van der Waals surface area (Å²) in [7, 11) is 0. The first kappa shape index (κ1) is 20.9. The van der Waals surface area contributed by atoms with Crippen LogP contribution in [0.1, 0.15) is 11.3 Å². The molecule has 5 rings (SSSR count). The monoisotopic (exact) mass is 477 g/mol. The minimum Gasteiger partial charge on any atom is -0.457 e. The predicted octanol–water partition coefficient (Wildman–Crippen LogP) is 5.18. The van der Waals surface area contributed by atoms with Crippen LogP contribution in [0.2, 0.25) is 5.02 Å². The molecule has 1 N–H and O–H groups in total. The summed E-state index contributed by atoms with van der Waals surface area (Å²) in [6, 6.07) is 17.0. The van der Waals surface area contributed by atoms with E-state index >= 15 is 0 Å². The Balaban J connectivity index is 1.44. The fourth-order valence-electron chi connectivity index (χ4n) is 3.22. The lowest BCUT2D eigenvalue weighted by molar-refractivity contribution is -0.384. The zero-order chi connectivity index (χ0) is 23.1. The maximum atomic E-state index is 12.6. The second kappa shape index (κ2) is 8.15. The van der Waals surface area contributed by atoms with Gasteiger partial charge in [0, 0.05) is 17.2 Å². The van der Waals surface area contributed by atoms with Gasteiger partial charge in [0.25, 0.3) is 11.6 Å². The van der Waals surface area contributed by atoms with E-state index in [4.69, 9.17) is 21.4 Å². The summed E-state index contributed by atoms with van der Waals surface area (Å²) in [5.74, 6) is -0.0676. The first-order chi connectivity index (χ1) is 15.9. The summed E-state index contributed by atoms with van der Waals surface area (Å²) >= 11 is 7.08. The Kier molecular flexibility index (Phi) is 5.15. The van der Waals surface area contributed by atoms with E-state index < -0.39 is 10.8 Å². The molecule has 0 bridgehead atoms. The van der Waals surface area contributed by atoms with Gasteiger partial charge < -0.3 is 4.42 Å². The number of furan rings is 1. The number of hydrogen-bond acceptors (Lipinski definition) is 7. The highest BCUT2D eigenvalue weighted by Gasteiger charge is 2.36. The topological polar surface area (TPSA) is 125 Å². The predicted molar refractivity (Wildman–Crippen MR) is 126 cm³/mol. The molecule has 0 unspecified atom stereocenters. The van der Waals surface area contributed by atoms with Crippen molar-refractivity contribution < 1.29 is 14.1 Å². The molecule has 0 saturated carbocycles. The molecule has 162 valence electrons. The van der Waals surface area contributed by atoms with Gasteiger partial charge in [0.15, 0.2) is 5.84 Å². The number of carbonyl (C=O) groups is 1. The third kappa shape index (κ3) is 3.86. The van der Waals surface area contributed by atoms with Crippen molar-refractivity contribution in [3.8, 4) is 11.3 Å². The molecule has 0 atom stereocenters. The molecule has 3 aromatic rings. The van der Waals surface area contributed by atoms with Crippen LogP contribution < -0.4 is 0 Å². The molecular formula is C22H12ClN5O4S. The summed E-state index contributed by atoms with van der Waals surface area (Å²) in [5.41, 5.74) is 1.09. The molecule has 0 fully saturated rings. The number of nitrogens with zero attached hydrogens (tertiary/aromatic N) is 4. The quantitative estimate of drug-likeness (QED) is 0.313. The molecule has 0 spiro atoms. The highest BCUT2D eigenvalue weighted by atomic mass is 35.5. The summed E-state index contributed by atoms with van der Waals surface area (Å²) in [4.78, 5) is 27.2. The number of thioether (sulfide) groups is 1. The van der Waals surface area contributed by atoms with Gasteiger partial charge in [0.2, 0.25) is 5.17 Å². The van der Waals surface area contributed by atoms with Crippen molar-refractivity contribution in [3.05, 3.63) is 92.7 Å². The third-order valence-corrected chi connectivity index (χ3v) is 6.09. The standard InChI is InChI=1S/C22H12ClN5O4S/c23-16-8-6-13(10-17(16)28(30)31)18-9-7-14(32-18)11-15-19(24)27-22(25-20(15)29)33-21(26-27)12-4-2-1-3-5-12/h1-11,24H/b15-11-,24-19?. The maximum absolute atomic E-state index is 12.6.